The molecule has 0 atom stereocenters. The molecule has 0 unspecified atom stereocenters. The van der Waals surface area contributed by atoms with Gasteiger partial charge in [0.2, 0.25) is 0 Å². The highest BCUT2D eigenvalue weighted by atomic mass is 19.2. The van der Waals surface area contributed by atoms with E-state index in [0.29, 0.717) is 11.6 Å². The van der Waals surface area contributed by atoms with Crippen molar-refractivity contribution in [3.63, 3.8) is 0 Å². The Kier molecular flexibility index (Phi) is 1.99. The third-order valence-corrected chi connectivity index (χ3v) is 1.82. The fourth-order valence-electron chi connectivity index (χ4n) is 1.14. The summed E-state index contributed by atoms with van der Waals surface area (Å²) in [5, 5.41) is 6.04. The number of benzene rings is 1. The molecule has 0 aliphatic carbocycles. The third-order valence-electron chi connectivity index (χ3n) is 1.82. The largest absolute Gasteiger partial charge is 0.285 e. The second kappa shape index (κ2) is 3.17. The van der Waals surface area contributed by atoms with Crippen LogP contribution in [0, 0.1) is 17.5 Å². The van der Waals surface area contributed by atoms with E-state index in [9.17, 15) is 13.2 Å². The lowest BCUT2D eigenvalue weighted by Gasteiger charge is -2.00. The summed E-state index contributed by atoms with van der Waals surface area (Å²) >= 11 is 0. The van der Waals surface area contributed by atoms with Gasteiger partial charge in [-0.25, -0.2) is 13.2 Å². The van der Waals surface area contributed by atoms with E-state index in [1.807, 2.05) is 0 Å². The summed E-state index contributed by atoms with van der Waals surface area (Å²) in [7, 11) is 0. The minimum atomic E-state index is -1.20. The molecule has 0 radical (unpaired) electrons. The van der Waals surface area contributed by atoms with Gasteiger partial charge in [-0.05, 0) is 6.07 Å². The molecule has 5 heteroatoms. The van der Waals surface area contributed by atoms with Crippen LogP contribution in [0.1, 0.15) is 0 Å². The lowest BCUT2D eigenvalue weighted by Crippen LogP contribution is -1.90. The average molecular weight is 198 g/mol. The van der Waals surface area contributed by atoms with E-state index in [-0.39, 0.29) is 5.56 Å². The fourth-order valence-corrected chi connectivity index (χ4v) is 1.14. The third kappa shape index (κ3) is 1.37. The first-order valence-electron chi connectivity index (χ1n) is 3.82. The molecule has 2 aromatic rings. The number of H-pyrrole nitrogens is 1. The maximum absolute atomic E-state index is 13.1. The molecule has 0 spiro atoms. The number of aromatic nitrogens is 2. The zero-order valence-electron chi connectivity index (χ0n) is 6.89. The van der Waals surface area contributed by atoms with Gasteiger partial charge in [0.05, 0.1) is 6.20 Å². The van der Waals surface area contributed by atoms with Crippen LogP contribution in [-0.2, 0) is 0 Å². The van der Waals surface area contributed by atoms with E-state index >= 15 is 0 Å². The van der Waals surface area contributed by atoms with Crippen LogP contribution in [0.25, 0.3) is 11.1 Å². The van der Waals surface area contributed by atoms with Crippen molar-refractivity contribution in [1.29, 1.82) is 0 Å². The van der Waals surface area contributed by atoms with E-state index in [1.165, 1.54) is 12.4 Å². The number of hydrogen-bond acceptors (Lipinski definition) is 1. The van der Waals surface area contributed by atoms with Gasteiger partial charge in [0, 0.05) is 23.4 Å². The molecule has 14 heavy (non-hydrogen) atoms. The Hall–Kier alpha value is -1.78. The van der Waals surface area contributed by atoms with E-state index in [1.54, 1.807) is 0 Å². The van der Waals surface area contributed by atoms with E-state index in [2.05, 4.69) is 10.2 Å². The lowest BCUT2D eigenvalue weighted by molar-refractivity contribution is 0.496. The monoisotopic (exact) mass is 198 g/mol. The van der Waals surface area contributed by atoms with E-state index in [0.717, 1.165) is 6.07 Å². The van der Waals surface area contributed by atoms with Gasteiger partial charge in [-0.3, -0.25) is 5.10 Å². The normalized spacial score (nSPS) is 10.5. The van der Waals surface area contributed by atoms with Crippen LogP contribution in [-0.4, -0.2) is 10.2 Å². The van der Waals surface area contributed by atoms with Crippen molar-refractivity contribution in [2.24, 2.45) is 0 Å². The summed E-state index contributed by atoms with van der Waals surface area (Å²) in [5.41, 5.74) is 0.360. The van der Waals surface area contributed by atoms with Crippen LogP contribution in [0.5, 0.6) is 0 Å². The van der Waals surface area contributed by atoms with Gasteiger partial charge < -0.3 is 0 Å². The molecule has 1 heterocycles. The topological polar surface area (TPSA) is 28.7 Å². The smallest absolute Gasteiger partial charge is 0.161 e. The van der Waals surface area contributed by atoms with Crippen molar-refractivity contribution >= 4 is 0 Å². The van der Waals surface area contributed by atoms with Crippen molar-refractivity contribution in [3.05, 3.63) is 42.0 Å². The van der Waals surface area contributed by atoms with E-state index < -0.39 is 17.5 Å². The molecular weight excluding hydrogens is 193 g/mol. The highest BCUT2D eigenvalue weighted by Gasteiger charge is 2.11. The van der Waals surface area contributed by atoms with Gasteiger partial charge in [0.1, 0.15) is 5.82 Å². The molecule has 2 nitrogen and oxygen atoms in total. The first kappa shape index (κ1) is 8.80. The fraction of sp³-hybridized carbons (Fsp3) is 0. The van der Waals surface area contributed by atoms with Crippen LogP contribution >= 0.6 is 0 Å². The molecule has 0 fully saturated rings. The summed E-state index contributed by atoms with van der Waals surface area (Å²) in [6.45, 7) is 0. The van der Waals surface area contributed by atoms with Crippen molar-refractivity contribution < 1.29 is 13.2 Å². The Morgan fingerprint density at radius 1 is 1.00 bits per heavy atom. The van der Waals surface area contributed by atoms with E-state index in [4.69, 9.17) is 0 Å². The highest BCUT2D eigenvalue weighted by molar-refractivity contribution is 5.62. The van der Waals surface area contributed by atoms with Crippen molar-refractivity contribution in [2.45, 2.75) is 0 Å². The van der Waals surface area contributed by atoms with Crippen molar-refractivity contribution in [2.75, 3.05) is 0 Å². The van der Waals surface area contributed by atoms with Crippen LogP contribution in [0.3, 0.4) is 0 Å². The summed E-state index contributed by atoms with van der Waals surface area (Å²) in [4.78, 5) is 0. The molecule has 0 saturated carbocycles. The Morgan fingerprint density at radius 3 is 2.36 bits per heavy atom. The second-order valence-corrected chi connectivity index (χ2v) is 2.73. The number of nitrogens with one attached hydrogen (secondary N) is 1. The standard InChI is InChI=1S/C9H5F3N2/c10-7-2-9(12)8(11)1-6(7)5-3-13-14-4-5/h1-4H,(H,13,14). The van der Waals surface area contributed by atoms with Crippen molar-refractivity contribution in [3.8, 4) is 11.1 Å². The highest BCUT2D eigenvalue weighted by Crippen LogP contribution is 2.23. The van der Waals surface area contributed by atoms with Crippen LogP contribution in [0.4, 0.5) is 13.2 Å². The maximum atomic E-state index is 13.1. The van der Waals surface area contributed by atoms with Crippen LogP contribution in [0.15, 0.2) is 24.5 Å². The van der Waals surface area contributed by atoms with Gasteiger partial charge >= 0.3 is 0 Å². The molecule has 2 rings (SSSR count). The van der Waals surface area contributed by atoms with Gasteiger partial charge in [-0.15, -0.1) is 0 Å². The molecule has 0 amide bonds. The summed E-state index contributed by atoms with van der Waals surface area (Å²) < 4.78 is 38.5. The molecule has 0 bridgehead atoms. The quantitative estimate of drug-likeness (QED) is 0.700. The minimum absolute atomic E-state index is 0.0161. The summed E-state index contributed by atoms with van der Waals surface area (Å²) in [5.74, 6) is -3.09. The van der Waals surface area contributed by atoms with Gasteiger partial charge in [-0.2, -0.15) is 5.10 Å². The maximum Gasteiger partial charge on any atom is 0.161 e. The Balaban J connectivity index is 2.60. The van der Waals surface area contributed by atoms with Gasteiger partial charge in [0.15, 0.2) is 11.6 Å². The Morgan fingerprint density at radius 2 is 1.71 bits per heavy atom. The van der Waals surface area contributed by atoms with Gasteiger partial charge in [-0.1, -0.05) is 0 Å². The molecule has 0 aliphatic heterocycles. The predicted molar refractivity (Wildman–Crippen MR) is 43.9 cm³/mol. The second-order valence-electron chi connectivity index (χ2n) is 2.73. The molecule has 0 aliphatic rings. The molecule has 1 aromatic heterocycles. The first-order chi connectivity index (χ1) is 6.68. The lowest BCUT2D eigenvalue weighted by atomic mass is 10.1. The number of aromatic amines is 1. The minimum Gasteiger partial charge on any atom is -0.285 e. The SMILES string of the molecule is Fc1cc(F)c(-c2cn[nH]c2)cc1F. The molecule has 72 valence electrons. The summed E-state index contributed by atoms with van der Waals surface area (Å²) in [6.07, 6.45) is 2.73. The number of hydrogen-bond donors (Lipinski definition) is 1. The molecule has 1 aromatic carbocycles. The summed E-state index contributed by atoms with van der Waals surface area (Å²) in [6, 6.07) is 1.31. The molecular formula is C9H5F3N2. The first-order valence-corrected chi connectivity index (χ1v) is 3.82. The molecule has 1 N–H and O–H groups in total. The Bertz CT molecular complexity index is 451. The predicted octanol–water partition coefficient (Wildman–Crippen LogP) is 2.49. The zero-order valence-corrected chi connectivity index (χ0v) is 6.89. The average Bonchev–Trinajstić information content (AvgIpc) is 2.64. The van der Waals surface area contributed by atoms with Crippen LogP contribution in [0.2, 0.25) is 0 Å². The molecule has 0 saturated heterocycles. The van der Waals surface area contributed by atoms with Gasteiger partial charge in [0.25, 0.3) is 0 Å². The number of rotatable bonds is 1. The van der Waals surface area contributed by atoms with Crippen LogP contribution < -0.4 is 0 Å². The zero-order chi connectivity index (χ0) is 10.1. The Labute approximate surface area is 77.4 Å². The number of nitrogens with zero attached hydrogens (tertiary/aromatic N) is 1. The number of halogens is 3. The van der Waals surface area contributed by atoms with Crippen molar-refractivity contribution in [1.82, 2.24) is 10.2 Å².